The number of hydrogen-bond donors (Lipinski definition) is 2. The van der Waals surface area contributed by atoms with Gasteiger partial charge in [0.05, 0.1) is 6.61 Å². The Hall–Kier alpha value is -0.260. The molecular formula is C9H19NO3S. The second-order valence-electron chi connectivity index (χ2n) is 3.20. The van der Waals surface area contributed by atoms with E-state index < -0.39 is 12.0 Å². The summed E-state index contributed by atoms with van der Waals surface area (Å²) < 4.78 is 4.82. The zero-order valence-corrected chi connectivity index (χ0v) is 9.76. The number of methoxy groups -OCH3 is 1. The van der Waals surface area contributed by atoms with Crippen LogP contribution in [-0.4, -0.2) is 48.9 Å². The molecular weight excluding hydrogens is 202 g/mol. The van der Waals surface area contributed by atoms with Crippen molar-refractivity contribution in [3.63, 3.8) is 0 Å². The lowest BCUT2D eigenvalue weighted by Gasteiger charge is -2.19. The quantitative estimate of drug-likeness (QED) is 0.635. The molecule has 0 spiro atoms. The Balaban J connectivity index is 3.83. The SMILES string of the molecule is COCC(NC(C)CCSC)C(=O)O. The van der Waals surface area contributed by atoms with Crippen molar-refractivity contribution in [2.75, 3.05) is 25.7 Å². The molecule has 14 heavy (non-hydrogen) atoms. The lowest BCUT2D eigenvalue weighted by atomic mass is 10.2. The van der Waals surface area contributed by atoms with Crippen molar-refractivity contribution in [1.29, 1.82) is 0 Å². The van der Waals surface area contributed by atoms with E-state index in [0.29, 0.717) is 0 Å². The molecule has 0 aliphatic rings. The summed E-state index contributed by atoms with van der Waals surface area (Å²) in [5.41, 5.74) is 0. The van der Waals surface area contributed by atoms with E-state index in [2.05, 4.69) is 5.32 Å². The highest BCUT2D eigenvalue weighted by atomic mass is 32.2. The van der Waals surface area contributed by atoms with Gasteiger partial charge in [0.25, 0.3) is 0 Å². The third kappa shape index (κ3) is 6.23. The largest absolute Gasteiger partial charge is 0.480 e. The Labute approximate surface area is 89.4 Å². The van der Waals surface area contributed by atoms with Crippen LogP contribution in [0.2, 0.25) is 0 Å². The fraction of sp³-hybridized carbons (Fsp3) is 0.889. The molecule has 0 heterocycles. The van der Waals surface area contributed by atoms with Crippen molar-refractivity contribution < 1.29 is 14.6 Å². The number of aliphatic carboxylic acids is 1. The maximum absolute atomic E-state index is 10.8. The predicted molar refractivity (Wildman–Crippen MR) is 58.9 cm³/mol. The van der Waals surface area contributed by atoms with Gasteiger partial charge in [-0.25, -0.2) is 0 Å². The Morgan fingerprint density at radius 3 is 2.71 bits per heavy atom. The molecule has 0 aliphatic carbocycles. The van der Waals surface area contributed by atoms with Crippen LogP contribution >= 0.6 is 11.8 Å². The standard InChI is InChI=1S/C9H19NO3S/c1-7(4-5-14-3)10-8(6-13-2)9(11)12/h7-8,10H,4-6H2,1-3H3,(H,11,12). The van der Waals surface area contributed by atoms with E-state index in [1.54, 1.807) is 11.8 Å². The molecule has 0 saturated heterocycles. The lowest BCUT2D eigenvalue weighted by Crippen LogP contribution is -2.45. The molecule has 0 fully saturated rings. The number of thioether (sulfide) groups is 1. The summed E-state index contributed by atoms with van der Waals surface area (Å²) in [6.45, 7) is 2.20. The van der Waals surface area contributed by atoms with Gasteiger partial charge in [0.2, 0.25) is 0 Å². The summed E-state index contributed by atoms with van der Waals surface area (Å²) in [6, 6.07) is -0.393. The number of hydrogen-bond acceptors (Lipinski definition) is 4. The van der Waals surface area contributed by atoms with Crippen molar-refractivity contribution in [3.05, 3.63) is 0 Å². The maximum Gasteiger partial charge on any atom is 0.323 e. The molecule has 0 bridgehead atoms. The maximum atomic E-state index is 10.8. The van der Waals surface area contributed by atoms with E-state index in [0.717, 1.165) is 12.2 Å². The normalized spacial score (nSPS) is 15.1. The summed E-state index contributed by atoms with van der Waals surface area (Å²) >= 11 is 1.76. The molecule has 0 aliphatic heterocycles. The van der Waals surface area contributed by atoms with E-state index in [-0.39, 0.29) is 12.6 Å². The summed E-state index contributed by atoms with van der Waals surface area (Å²) in [6.07, 6.45) is 3.01. The van der Waals surface area contributed by atoms with Crippen LogP contribution in [0.25, 0.3) is 0 Å². The monoisotopic (exact) mass is 221 g/mol. The fourth-order valence-corrected chi connectivity index (χ4v) is 1.67. The zero-order valence-electron chi connectivity index (χ0n) is 8.95. The van der Waals surface area contributed by atoms with Crippen LogP contribution in [0, 0.1) is 0 Å². The van der Waals surface area contributed by atoms with Crippen molar-refractivity contribution >= 4 is 17.7 Å². The van der Waals surface area contributed by atoms with Gasteiger partial charge in [0.1, 0.15) is 6.04 Å². The van der Waals surface area contributed by atoms with Gasteiger partial charge in [0.15, 0.2) is 0 Å². The van der Waals surface area contributed by atoms with Crippen LogP contribution in [0.15, 0.2) is 0 Å². The first-order valence-electron chi connectivity index (χ1n) is 4.58. The van der Waals surface area contributed by atoms with Gasteiger partial charge >= 0.3 is 5.97 Å². The molecule has 0 aromatic rings. The van der Waals surface area contributed by atoms with Crippen LogP contribution in [0.3, 0.4) is 0 Å². The van der Waals surface area contributed by atoms with E-state index in [9.17, 15) is 4.79 Å². The summed E-state index contributed by atoms with van der Waals surface area (Å²) in [5, 5.41) is 11.8. The highest BCUT2D eigenvalue weighted by molar-refractivity contribution is 7.98. The Bertz CT molecular complexity index is 166. The minimum atomic E-state index is -0.858. The van der Waals surface area contributed by atoms with Crippen LogP contribution in [0.5, 0.6) is 0 Å². The molecule has 0 aromatic heterocycles. The molecule has 5 heteroatoms. The van der Waals surface area contributed by atoms with Gasteiger partial charge < -0.3 is 9.84 Å². The third-order valence-electron chi connectivity index (χ3n) is 1.87. The minimum absolute atomic E-state index is 0.207. The van der Waals surface area contributed by atoms with Crippen LogP contribution in [0.1, 0.15) is 13.3 Å². The molecule has 2 atom stereocenters. The van der Waals surface area contributed by atoms with Crippen molar-refractivity contribution in [2.45, 2.75) is 25.4 Å². The number of carbonyl (C=O) groups is 1. The van der Waals surface area contributed by atoms with E-state index in [4.69, 9.17) is 9.84 Å². The summed E-state index contributed by atoms with van der Waals surface area (Å²) in [4.78, 5) is 10.8. The second-order valence-corrected chi connectivity index (χ2v) is 4.18. The first kappa shape index (κ1) is 13.7. The molecule has 0 amide bonds. The topological polar surface area (TPSA) is 58.6 Å². The van der Waals surface area contributed by atoms with Crippen LogP contribution < -0.4 is 5.32 Å². The van der Waals surface area contributed by atoms with Gasteiger partial charge in [-0.2, -0.15) is 11.8 Å². The number of ether oxygens (including phenoxy) is 1. The zero-order chi connectivity index (χ0) is 11.0. The Kier molecular flexibility index (Phi) is 7.93. The molecule has 4 nitrogen and oxygen atoms in total. The van der Waals surface area contributed by atoms with Crippen molar-refractivity contribution in [3.8, 4) is 0 Å². The van der Waals surface area contributed by atoms with Crippen molar-refractivity contribution in [1.82, 2.24) is 5.32 Å². The number of carboxylic acid groups (broad SMARTS) is 1. The molecule has 84 valence electrons. The number of rotatable bonds is 8. The Morgan fingerprint density at radius 1 is 1.64 bits per heavy atom. The average molecular weight is 221 g/mol. The van der Waals surface area contributed by atoms with E-state index >= 15 is 0 Å². The van der Waals surface area contributed by atoms with Gasteiger partial charge in [-0.1, -0.05) is 0 Å². The van der Waals surface area contributed by atoms with Gasteiger partial charge in [0, 0.05) is 13.2 Å². The molecule has 0 aromatic carbocycles. The minimum Gasteiger partial charge on any atom is -0.480 e. The van der Waals surface area contributed by atoms with Gasteiger partial charge in [-0.3, -0.25) is 10.1 Å². The van der Waals surface area contributed by atoms with Gasteiger partial charge in [-0.15, -0.1) is 0 Å². The highest BCUT2D eigenvalue weighted by Gasteiger charge is 2.18. The van der Waals surface area contributed by atoms with Crippen LogP contribution in [0.4, 0.5) is 0 Å². The number of nitrogens with one attached hydrogen (secondary N) is 1. The Morgan fingerprint density at radius 2 is 2.29 bits per heavy atom. The van der Waals surface area contributed by atoms with Crippen LogP contribution in [-0.2, 0) is 9.53 Å². The number of carboxylic acids is 1. The average Bonchev–Trinajstić information content (AvgIpc) is 2.14. The molecule has 0 rings (SSSR count). The van der Waals surface area contributed by atoms with E-state index in [1.165, 1.54) is 7.11 Å². The lowest BCUT2D eigenvalue weighted by molar-refractivity contribution is -0.141. The summed E-state index contributed by atoms with van der Waals surface area (Å²) in [7, 11) is 1.50. The van der Waals surface area contributed by atoms with Gasteiger partial charge in [-0.05, 0) is 25.4 Å². The third-order valence-corrected chi connectivity index (χ3v) is 2.52. The predicted octanol–water partition coefficient (Wildman–Crippen LogP) is 0.817. The molecule has 2 N–H and O–H groups in total. The molecule has 0 saturated carbocycles. The molecule has 0 radical (unpaired) electrons. The smallest absolute Gasteiger partial charge is 0.323 e. The summed E-state index contributed by atoms with van der Waals surface area (Å²) in [5.74, 6) is 0.177. The van der Waals surface area contributed by atoms with Crippen molar-refractivity contribution in [2.24, 2.45) is 0 Å². The fourth-order valence-electron chi connectivity index (χ4n) is 1.08. The van der Waals surface area contributed by atoms with E-state index in [1.807, 2.05) is 13.2 Å². The first-order chi connectivity index (χ1) is 6.61. The first-order valence-corrected chi connectivity index (χ1v) is 5.98. The second kappa shape index (κ2) is 8.08. The highest BCUT2D eigenvalue weighted by Crippen LogP contribution is 2.01. The molecule has 2 unspecified atom stereocenters.